The van der Waals surface area contributed by atoms with Crippen LogP contribution in [0.15, 0.2) is 24.3 Å². The molecule has 128 valence electrons. The summed E-state index contributed by atoms with van der Waals surface area (Å²) in [5.74, 6) is -0.0783. The van der Waals surface area contributed by atoms with Crippen molar-refractivity contribution in [3.8, 4) is 11.4 Å². The topological polar surface area (TPSA) is 80.5 Å². The molecule has 7 nitrogen and oxygen atoms in total. The van der Waals surface area contributed by atoms with Crippen molar-refractivity contribution in [1.29, 1.82) is 0 Å². The number of aromatic carboxylic acids is 1. The largest absolute Gasteiger partial charge is 0.494 e. The zero-order chi connectivity index (χ0) is 17.1. The Kier molecular flexibility index (Phi) is 4.69. The predicted octanol–water partition coefficient (Wildman–Crippen LogP) is 2.74. The summed E-state index contributed by atoms with van der Waals surface area (Å²) in [6.07, 6.45) is 5.67. The second-order valence-corrected chi connectivity index (χ2v) is 6.04. The molecule has 0 amide bonds. The lowest BCUT2D eigenvalue weighted by Gasteiger charge is -2.31. The van der Waals surface area contributed by atoms with Crippen LogP contribution in [0.4, 0.5) is 5.82 Å². The third-order valence-electron chi connectivity index (χ3n) is 4.56. The Balaban J connectivity index is 2.00. The molecule has 1 heterocycles. The fourth-order valence-corrected chi connectivity index (χ4v) is 3.22. The minimum Gasteiger partial charge on any atom is -0.494 e. The van der Waals surface area contributed by atoms with Gasteiger partial charge in [0, 0.05) is 13.1 Å². The van der Waals surface area contributed by atoms with E-state index < -0.39 is 5.97 Å². The number of benzene rings is 1. The molecule has 0 spiro atoms. The van der Waals surface area contributed by atoms with Gasteiger partial charge in [-0.2, -0.15) is 0 Å². The van der Waals surface area contributed by atoms with Crippen LogP contribution in [0.3, 0.4) is 0 Å². The first kappa shape index (κ1) is 16.3. The summed E-state index contributed by atoms with van der Waals surface area (Å²) < 4.78 is 5.32. The number of aromatic nitrogens is 3. The highest BCUT2D eigenvalue weighted by Gasteiger charge is 2.27. The molecule has 24 heavy (non-hydrogen) atoms. The summed E-state index contributed by atoms with van der Waals surface area (Å²) in [5, 5.41) is 18.2. The van der Waals surface area contributed by atoms with E-state index in [0.29, 0.717) is 23.3 Å². The van der Waals surface area contributed by atoms with Gasteiger partial charge in [-0.1, -0.05) is 31.4 Å². The highest BCUT2D eigenvalue weighted by molar-refractivity contribution is 5.91. The van der Waals surface area contributed by atoms with E-state index in [1.165, 1.54) is 11.2 Å². The van der Waals surface area contributed by atoms with Gasteiger partial charge in [0.2, 0.25) is 5.69 Å². The maximum Gasteiger partial charge on any atom is 0.360 e. The van der Waals surface area contributed by atoms with Crippen LogP contribution in [0, 0.1) is 0 Å². The zero-order valence-corrected chi connectivity index (χ0v) is 14.0. The number of carbonyl (C=O) groups is 1. The number of nitrogens with zero attached hydrogens (tertiary/aromatic N) is 4. The maximum atomic E-state index is 11.6. The molecular formula is C17H22N4O3. The van der Waals surface area contributed by atoms with Crippen molar-refractivity contribution in [3.05, 3.63) is 30.0 Å². The van der Waals surface area contributed by atoms with Gasteiger partial charge < -0.3 is 14.7 Å². The number of ether oxygens (including phenoxy) is 1. The van der Waals surface area contributed by atoms with E-state index >= 15 is 0 Å². The van der Waals surface area contributed by atoms with Gasteiger partial charge in [-0.25, -0.2) is 4.79 Å². The molecule has 0 radical (unpaired) electrons. The molecule has 7 heteroatoms. The average Bonchev–Trinajstić information content (AvgIpc) is 3.07. The van der Waals surface area contributed by atoms with Crippen molar-refractivity contribution in [2.75, 3.05) is 19.1 Å². The van der Waals surface area contributed by atoms with Crippen molar-refractivity contribution in [1.82, 2.24) is 15.0 Å². The lowest BCUT2D eigenvalue weighted by molar-refractivity contribution is 0.0690. The summed E-state index contributed by atoms with van der Waals surface area (Å²) in [7, 11) is 3.47. The normalized spacial score (nSPS) is 15.2. The maximum absolute atomic E-state index is 11.6. The van der Waals surface area contributed by atoms with Gasteiger partial charge in [-0.15, -0.1) is 15.0 Å². The Morgan fingerprint density at radius 3 is 2.62 bits per heavy atom. The number of rotatable bonds is 5. The number of hydrogen-bond acceptors (Lipinski definition) is 5. The third-order valence-corrected chi connectivity index (χ3v) is 4.56. The van der Waals surface area contributed by atoms with Crippen LogP contribution in [0.5, 0.6) is 5.75 Å². The first-order valence-electron chi connectivity index (χ1n) is 8.18. The molecule has 0 unspecified atom stereocenters. The van der Waals surface area contributed by atoms with E-state index in [-0.39, 0.29) is 5.69 Å². The summed E-state index contributed by atoms with van der Waals surface area (Å²) in [6, 6.07) is 7.59. The number of para-hydroxylation sites is 2. The van der Waals surface area contributed by atoms with Gasteiger partial charge in [0.05, 0.1) is 7.11 Å². The first-order chi connectivity index (χ1) is 11.6. The summed E-state index contributed by atoms with van der Waals surface area (Å²) in [5.41, 5.74) is 0.583. The average molecular weight is 330 g/mol. The number of hydrogen-bond donors (Lipinski definition) is 1. The molecule has 2 aromatic rings. The predicted molar refractivity (Wildman–Crippen MR) is 90.1 cm³/mol. The van der Waals surface area contributed by atoms with Crippen molar-refractivity contribution in [3.63, 3.8) is 0 Å². The van der Waals surface area contributed by atoms with E-state index in [9.17, 15) is 9.90 Å². The van der Waals surface area contributed by atoms with Crippen LogP contribution in [0.25, 0.3) is 5.69 Å². The summed E-state index contributed by atoms with van der Waals surface area (Å²) in [4.78, 5) is 14.9. The van der Waals surface area contributed by atoms with Crippen LogP contribution in [0.2, 0.25) is 0 Å². The summed E-state index contributed by atoms with van der Waals surface area (Å²) in [6.45, 7) is 0. The lowest BCUT2D eigenvalue weighted by atomic mass is 9.94. The number of carboxylic acids is 1. The Morgan fingerprint density at radius 1 is 1.25 bits per heavy atom. The molecule has 0 aliphatic heterocycles. The summed E-state index contributed by atoms with van der Waals surface area (Å²) >= 11 is 0. The molecule has 1 aliphatic carbocycles. The molecule has 1 N–H and O–H groups in total. The molecule has 1 saturated carbocycles. The molecule has 0 atom stereocenters. The molecule has 3 rings (SSSR count). The fraction of sp³-hybridized carbons (Fsp3) is 0.471. The molecule has 1 aromatic carbocycles. The van der Waals surface area contributed by atoms with Crippen molar-refractivity contribution >= 4 is 11.8 Å². The Bertz CT molecular complexity index is 722. The number of anilines is 1. The van der Waals surface area contributed by atoms with Gasteiger partial charge in [0.1, 0.15) is 11.4 Å². The minimum atomic E-state index is -1.08. The molecule has 0 saturated heterocycles. The lowest BCUT2D eigenvalue weighted by Crippen LogP contribution is -2.34. The Morgan fingerprint density at radius 2 is 1.96 bits per heavy atom. The third kappa shape index (κ3) is 3.06. The molecule has 1 fully saturated rings. The van der Waals surface area contributed by atoms with E-state index in [1.807, 2.05) is 24.1 Å². The van der Waals surface area contributed by atoms with Crippen molar-refractivity contribution in [2.24, 2.45) is 0 Å². The quantitative estimate of drug-likeness (QED) is 0.908. The Labute approximate surface area is 140 Å². The molecular weight excluding hydrogens is 308 g/mol. The zero-order valence-electron chi connectivity index (χ0n) is 14.0. The second-order valence-electron chi connectivity index (χ2n) is 6.04. The smallest absolute Gasteiger partial charge is 0.360 e. The van der Waals surface area contributed by atoms with Crippen LogP contribution in [-0.4, -0.2) is 46.3 Å². The van der Waals surface area contributed by atoms with Crippen LogP contribution in [-0.2, 0) is 0 Å². The highest BCUT2D eigenvalue weighted by atomic mass is 16.5. The van der Waals surface area contributed by atoms with Gasteiger partial charge in [0.15, 0.2) is 5.82 Å². The van der Waals surface area contributed by atoms with Crippen LogP contribution < -0.4 is 9.64 Å². The van der Waals surface area contributed by atoms with Gasteiger partial charge >= 0.3 is 5.97 Å². The van der Waals surface area contributed by atoms with Gasteiger partial charge in [-0.05, 0) is 25.0 Å². The fourth-order valence-electron chi connectivity index (χ4n) is 3.22. The molecule has 1 aromatic heterocycles. The SMILES string of the molecule is COc1ccccc1-n1nc(C(=O)O)c(N(C)C2CCCCC2)n1. The van der Waals surface area contributed by atoms with Gasteiger partial charge in [-0.3, -0.25) is 0 Å². The van der Waals surface area contributed by atoms with Gasteiger partial charge in [0.25, 0.3) is 0 Å². The minimum absolute atomic E-state index is 0.0334. The van der Waals surface area contributed by atoms with E-state index in [0.717, 1.165) is 25.7 Å². The van der Waals surface area contributed by atoms with E-state index in [1.54, 1.807) is 19.2 Å². The molecule has 0 bridgehead atoms. The highest BCUT2D eigenvalue weighted by Crippen LogP contribution is 2.28. The first-order valence-corrected chi connectivity index (χ1v) is 8.18. The van der Waals surface area contributed by atoms with E-state index in [2.05, 4.69) is 10.2 Å². The van der Waals surface area contributed by atoms with Crippen LogP contribution >= 0.6 is 0 Å². The second kappa shape index (κ2) is 6.90. The monoisotopic (exact) mass is 330 g/mol. The van der Waals surface area contributed by atoms with Crippen molar-refractivity contribution in [2.45, 2.75) is 38.1 Å². The number of methoxy groups -OCH3 is 1. The Hall–Kier alpha value is -2.57. The van der Waals surface area contributed by atoms with E-state index in [4.69, 9.17) is 4.74 Å². The number of carboxylic acid groups (broad SMARTS) is 1. The van der Waals surface area contributed by atoms with Crippen molar-refractivity contribution < 1.29 is 14.6 Å². The van der Waals surface area contributed by atoms with Crippen LogP contribution in [0.1, 0.15) is 42.6 Å². The molecule has 1 aliphatic rings. The standard InChI is InChI=1S/C17H22N4O3/c1-20(12-8-4-3-5-9-12)16-15(17(22)23)18-21(19-16)13-10-6-7-11-14(13)24-2/h6-7,10-12H,3-5,8-9H2,1-2H3,(H,22,23).